The monoisotopic (exact) mass is 235 g/mol. The van der Waals surface area contributed by atoms with E-state index in [9.17, 15) is 10.1 Å². The number of nitrogens with zero attached hydrogens (tertiary/aromatic N) is 2. The second-order valence-electron chi connectivity index (χ2n) is 3.75. The van der Waals surface area contributed by atoms with Gasteiger partial charge in [0.15, 0.2) is 0 Å². The van der Waals surface area contributed by atoms with Crippen LogP contribution in [0.2, 0.25) is 0 Å². The molecule has 0 saturated heterocycles. The highest BCUT2D eigenvalue weighted by atomic mass is 16.6. The van der Waals surface area contributed by atoms with Gasteiger partial charge in [-0.3, -0.25) is 10.1 Å². The first-order valence-corrected chi connectivity index (χ1v) is 5.35. The van der Waals surface area contributed by atoms with Crippen molar-refractivity contribution in [1.29, 1.82) is 0 Å². The summed E-state index contributed by atoms with van der Waals surface area (Å²) in [7, 11) is 0. The van der Waals surface area contributed by atoms with E-state index in [2.05, 4.69) is 10.3 Å². The molecule has 6 heteroatoms. The van der Waals surface area contributed by atoms with Crippen LogP contribution in [0.4, 0.5) is 5.69 Å². The highest BCUT2D eigenvalue weighted by Gasteiger charge is 2.14. The highest BCUT2D eigenvalue weighted by Crippen LogP contribution is 2.19. The number of non-ortho nitro benzene ring substituents is 1. The summed E-state index contributed by atoms with van der Waals surface area (Å²) < 4.78 is 5.23. The van der Waals surface area contributed by atoms with E-state index >= 15 is 0 Å². The predicted octanol–water partition coefficient (Wildman–Crippen LogP) is 1.63. The first-order valence-electron chi connectivity index (χ1n) is 5.35. The lowest BCUT2D eigenvalue weighted by atomic mass is 10.1. The third kappa shape index (κ3) is 2.72. The molecule has 0 amide bonds. The number of benzene rings is 1. The van der Waals surface area contributed by atoms with Gasteiger partial charge in [-0.15, -0.1) is 0 Å². The van der Waals surface area contributed by atoms with Crippen molar-refractivity contribution in [2.45, 2.75) is 13.0 Å². The molecule has 6 nitrogen and oxygen atoms in total. The summed E-state index contributed by atoms with van der Waals surface area (Å²) in [5, 5.41) is 13.7. The Morgan fingerprint density at radius 1 is 1.59 bits per heavy atom. The van der Waals surface area contributed by atoms with Gasteiger partial charge in [-0.05, 0) is 12.5 Å². The summed E-state index contributed by atoms with van der Waals surface area (Å²) in [5.74, 6) is 0. The molecule has 1 aromatic carbocycles. The van der Waals surface area contributed by atoms with Crippen LogP contribution >= 0.6 is 0 Å². The standard InChI is InChI=1S/C11H13N3O3/c1-8(13-11-12-5-6-17-11)9-3-2-4-10(7-9)14(15)16/h2-4,7-8H,5-6H2,1H3,(H,12,13). The lowest BCUT2D eigenvalue weighted by Crippen LogP contribution is -2.26. The minimum absolute atomic E-state index is 0.0771. The molecule has 0 radical (unpaired) electrons. The van der Waals surface area contributed by atoms with Crippen molar-refractivity contribution in [2.24, 2.45) is 4.99 Å². The second-order valence-corrected chi connectivity index (χ2v) is 3.75. The maximum atomic E-state index is 10.7. The van der Waals surface area contributed by atoms with Crippen LogP contribution in [0.3, 0.4) is 0 Å². The lowest BCUT2D eigenvalue weighted by Gasteiger charge is -2.14. The average molecular weight is 235 g/mol. The van der Waals surface area contributed by atoms with Crippen LogP contribution in [0.1, 0.15) is 18.5 Å². The number of nitro benzene ring substituents is 1. The number of ether oxygens (including phenoxy) is 1. The first-order chi connectivity index (χ1) is 8.16. The zero-order valence-corrected chi connectivity index (χ0v) is 9.42. The quantitative estimate of drug-likeness (QED) is 0.638. The van der Waals surface area contributed by atoms with Gasteiger partial charge in [0.1, 0.15) is 6.61 Å². The Labute approximate surface area is 98.5 Å². The summed E-state index contributed by atoms with van der Waals surface area (Å²) in [6.45, 7) is 3.15. The van der Waals surface area contributed by atoms with E-state index in [-0.39, 0.29) is 11.7 Å². The summed E-state index contributed by atoms with van der Waals surface area (Å²) in [5.41, 5.74) is 0.919. The molecule has 1 aromatic rings. The van der Waals surface area contributed by atoms with Crippen LogP contribution in [0, 0.1) is 10.1 Å². The Balaban J connectivity index is 2.10. The average Bonchev–Trinajstić information content (AvgIpc) is 2.82. The van der Waals surface area contributed by atoms with E-state index in [1.165, 1.54) is 6.07 Å². The van der Waals surface area contributed by atoms with Gasteiger partial charge in [-0.2, -0.15) is 0 Å². The summed E-state index contributed by atoms with van der Waals surface area (Å²) in [6.07, 6.45) is 0. The molecular weight excluding hydrogens is 222 g/mol. The normalized spacial score (nSPS) is 15.9. The van der Waals surface area contributed by atoms with Gasteiger partial charge in [0.25, 0.3) is 11.7 Å². The van der Waals surface area contributed by atoms with Crippen molar-refractivity contribution in [3.05, 3.63) is 39.9 Å². The molecule has 0 fully saturated rings. The lowest BCUT2D eigenvalue weighted by molar-refractivity contribution is -0.384. The van der Waals surface area contributed by atoms with Crippen LogP contribution < -0.4 is 5.32 Å². The largest absolute Gasteiger partial charge is 0.463 e. The van der Waals surface area contributed by atoms with Crippen LogP contribution in [0.5, 0.6) is 0 Å². The third-order valence-electron chi connectivity index (χ3n) is 2.51. The van der Waals surface area contributed by atoms with Crippen molar-refractivity contribution in [1.82, 2.24) is 5.32 Å². The van der Waals surface area contributed by atoms with Crippen LogP contribution in [0.15, 0.2) is 29.3 Å². The number of hydrogen-bond acceptors (Lipinski definition) is 5. The Bertz CT molecular complexity index is 459. The molecule has 2 rings (SSSR count). The molecule has 17 heavy (non-hydrogen) atoms. The number of hydrogen-bond donors (Lipinski definition) is 1. The minimum Gasteiger partial charge on any atom is -0.463 e. The van der Waals surface area contributed by atoms with Gasteiger partial charge < -0.3 is 10.1 Å². The SMILES string of the molecule is CC(NC1=NCCO1)c1cccc([N+](=O)[O-])c1. The molecule has 1 N–H and O–H groups in total. The van der Waals surface area contributed by atoms with E-state index < -0.39 is 4.92 Å². The molecular formula is C11H13N3O3. The van der Waals surface area contributed by atoms with Crippen molar-refractivity contribution < 1.29 is 9.66 Å². The van der Waals surface area contributed by atoms with E-state index in [0.717, 1.165) is 5.56 Å². The van der Waals surface area contributed by atoms with E-state index in [1.807, 2.05) is 13.0 Å². The molecule has 0 aliphatic carbocycles. The Hall–Kier alpha value is -2.11. The second kappa shape index (κ2) is 4.82. The Morgan fingerprint density at radius 2 is 2.41 bits per heavy atom. The zero-order valence-electron chi connectivity index (χ0n) is 9.42. The molecule has 0 aromatic heterocycles. The molecule has 1 atom stereocenters. The summed E-state index contributed by atoms with van der Waals surface area (Å²) in [4.78, 5) is 14.4. The number of nitrogens with one attached hydrogen (secondary N) is 1. The fraction of sp³-hybridized carbons (Fsp3) is 0.364. The van der Waals surface area contributed by atoms with Crippen LogP contribution in [0.25, 0.3) is 0 Å². The molecule has 1 aliphatic rings. The van der Waals surface area contributed by atoms with Crippen molar-refractivity contribution >= 4 is 11.7 Å². The molecule has 1 unspecified atom stereocenters. The fourth-order valence-electron chi connectivity index (χ4n) is 1.60. The summed E-state index contributed by atoms with van der Waals surface area (Å²) in [6, 6.07) is 6.95. The van der Waals surface area contributed by atoms with E-state index in [1.54, 1.807) is 12.1 Å². The Morgan fingerprint density at radius 3 is 3.06 bits per heavy atom. The number of nitro groups is 1. The molecule has 1 heterocycles. The minimum atomic E-state index is -0.403. The third-order valence-corrected chi connectivity index (χ3v) is 2.51. The van der Waals surface area contributed by atoms with Gasteiger partial charge in [0.2, 0.25) is 0 Å². The maximum Gasteiger partial charge on any atom is 0.285 e. The number of aliphatic imine (C=N–C) groups is 1. The van der Waals surface area contributed by atoms with Crippen molar-refractivity contribution in [3.8, 4) is 0 Å². The summed E-state index contributed by atoms with van der Waals surface area (Å²) >= 11 is 0. The van der Waals surface area contributed by atoms with Crippen LogP contribution in [-0.2, 0) is 4.74 Å². The van der Waals surface area contributed by atoms with Crippen molar-refractivity contribution in [2.75, 3.05) is 13.2 Å². The zero-order chi connectivity index (χ0) is 12.3. The molecule has 0 bridgehead atoms. The van der Waals surface area contributed by atoms with Gasteiger partial charge in [-0.1, -0.05) is 12.1 Å². The van der Waals surface area contributed by atoms with E-state index in [0.29, 0.717) is 19.2 Å². The maximum absolute atomic E-state index is 10.7. The predicted molar refractivity (Wildman–Crippen MR) is 62.9 cm³/mol. The highest BCUT2D eigenvalue weighted by molar-refractivity contribution is 5.75. The number of amidine groups is 1. The van der Waals surface area contributed by atoms with Crippen LogP contribution in [-0.4, -0.2) is 24.1 Å². The van der Waals surface area contributed by atoms with Crippen molar-refractivity contribution in [3.63, 3.8) is 0 Å². The molecule has 0 spiro atoms. The topological polar surface area (TPSA) is 76.8 Å². The van der Waals surface area contributed by atoms with Gasteiger partial charge in [-0.25, -0.2) is 4.99 Å². The fourth-order valence-corrected chi connectivity index (χ4v) is 1.60. The van der Waals surface area contributed by atoms with Gasteiger partial charge in [0, 0.05) is 12.1 Å². The molecule has 0 saturated carbocycles. The van der Waals surface area contributed by atoms with Gasteiger partial charge in [0.05, 0.1) is 17.5 Å². The van der Waals surface area contributed by atoms with Gasteiger partial charge >= 0.3 is 0 Å². The van der Waals surface area contributed by atoms with E-state index in [4.69, 9.17) is 4.74 Å². The smallest absolute Gasteiger partial charge is 0.285 e. The number of rotatable bonds is 3. The molecule has 1 aliphatic heterocycles. The first kappa shape index (κ1) is 11.4. The molecule has 90 valence electrons. The Kier molecular flexibility index (Phi) is 3.22.